The number of rotatable bonds is 1. The van der Waals surface area contributed by atoms with Gasteiger partial charge in [0.25, 0.3) is 0 Å². The Labute approximate surface area is 136 Å². The summed E-state index contributed by atoms with van der Waals surface area (Å²) in [5.74, 6) is -0.899. The second kappa shape index (κ2) is 5.22. The lowest BCUT2D eigenvalue weighted by atomic mass is 9.96. The highest BCUT2D eigenvalue weighted by Crippen LogP contribution is 2.37. The summed E-state index contributed by atoms with van der Waals surface area (Å²) in [6.07, 6.45) is 2.60. The fraction of sp³-hybridized carbons (Fsp3) is 0.222. The van der Waals surface area contributed by atoms with Gasteiger partial charge in [-0.05, 0) is 37.0 Å². The van der Waals surface area contributed by atoms with Gasteiger partial charge < -0.3 is 9.66 Å². The van der Waals surface area contributed by atoms with Crippen LogP contribution in [0.3, 0.4) is 0 Å². The van der Waals surface area contributed by atoms with Crippen LogP contribution < -0.4 is 0 Å². The Kier molecular flexibility index (Phi) is 3.28. The van der Waals surface area contributed by atoms with Crippen molar-refractivity contribution in [3.8, 4) is 0 Å². The Morgan fingerprint density at radius 3 is 2.52 bits per heavy atom. The van der Waals surface area contributed by atoms with Crippen molar-refractivity contribution < 1.29 is 19.2 Å². The first-order chi connectivity index (χ1) is 11.1. The van der Waals surface area contributed by atoms with Gasteiger partial charge in [-0.2, -0.15) is 0 Å². The molecule has 1 atom stereocenters. The molecule has 0 aromatic heterocycles. The summed E-state index contributed by atoms with van der Waals surface area (Å²) in [6, 6.07) is 8.51. The molecule has 2 aliphatic rings. The number of carbonyl (C=O) groups is 2. The summed E-state index contributed by atoms with van der Waals surface area (Å²) in [5, 5.41) is 9.16. The Balaban J connectivity index is 1.90. The minimum atomic E-state index is -1.46. The number of Topliss-reactive ketones (excluding diaryl/α,β-unsaturated/α-hetero) is 1. The molecule has 0 fully saturated rings. The smallest absolute Gasteiger partial charge is 0.335 e. The topological polar surface area (TPSA) is 77.4 Å². The maximum atomic E-state index is 13.0. The molecule has 0 spiro atoms. The zero-order chi connectivity index (χ0) is 16.1. The predicted octanol–water partition coefficient (Wildman–Crippen LogP) is 2.78. The summed E-state index contributed by atoms with van der Waals surface area (Å²) in [7, 11) is 0. The fourth-order valence-electron chi connectivity index (χ4n) is 3.47. The van der Waals surface area contributed by atoms with E-state index in [1.165, 1.54) is 6.07 Å². The Morgan fingerprint density at radius 2 is 1.74 bits per heavy atom. The second-order valence-corrected chi connectivity index (χ2v) is 7.31. The van der Waals surface area contributed by atoms with Crippen molar-refractivity contribution in [3.63, 3.8) is 0 Å². The zero-order valence-corrected chi connectivity index (χ0v) is 13.1. The van der Waals surface area contributed by atoms with Crippen molar-refractivity contribution in [1.82, 2.24) is 0 Å². The van der Waals surface area contributed by atoms with Gasteiger partial charge in [-0.15, -0.1) is 0 Å². The summed E-state index contributed by atoms with van der Waals surface area (Å²) in [5.41, 5.74) is 3.71. The van der Waals surface area contributed by atoms with E-state index in [9.17, 15) is 14.1 Å². The molecule has 4 nitrogen and oxygen atoms in total. The van der Waals surface area contributed by atoms with Gasteiger partial charge in [0, 0.05) is 40.4 Å². The minimum absolute atomic E-state index is 0.131. The van der Waals surface area contributed by atoms with Crippen molar-refractivity contribution in [1.29, 1.82) is 0 Å². The van der Waals surface area contributed by atoms with Crippen LogP contribution >= 0.6 is 0 Å². The molecule has 2 aromatic rings. The average Bonchev–Trinajstić information content (AvgIpc) is 2.86. The van der Waals surface area contributed by atoms with Crippen LogP contribution in [-0.4, -0.2) is 21.4 Å². The minimum Gasteiger partial charge on any atom is -0.606 e. The number of fused-ring (bicyclic) bond motifs is 4. The maximum Gasteiger partial charge on any atom is 0.335 e. The van der Waals surface area contributed by atoms with Gasteiger partial charge in [0.2, 0.25) is 0 Å². The number of ketones is 1. The van der Waals surface area contributed by atoms with Crippen molar-refractivity contribution >= 4 is 22.9 Å². The van der Waals surface area contributed by atoms with Crippen LogP contribution in [0, 0.1) is 0 Å². The molecule has 116 valence electrons. The van der Waals surface area contributed by atoms with Gasteiger partial charge in [-0.3, -0.25) is 4.79 Å². The van der Waals surface area contributed by atoms with Crippen molar-refractivity contribution in [3.05, 3.63) is 58.1 Å². The number of carboxylic acid groups (broad SMARTS) is 1. The molecular formula is C18H14O4S. The highest BCUT2D eigenvalue weighted by atomic mass is 32.2. The molecule has 1 aliphatic carbocycles. The normalized spacial score (nSPS) is 18.8. The predicted molar refractivity (Wildman–Crippen MR) is 84.6 cm³/mol. The molecule has 1 N–H and O–H groups in total. The lowest BCUT2D eigenvalue weighted by molar-refractivity contribution is 0.0696. The lowest BCUT2D eigenvalue weighted by Crippen LogP contribution is -2.09. The number of carboxylic acids is 1. The Bertz CT molecular complexity index is 856. The van der Waals surface area contributed by atoms with E-state index in [1.807, 2.05) is 12.1 Å². The summed E-state index contributed by atoms with van der Waals surface area (Å²) in [4.78, 5) is 24.6. The van der Waals surface area contributed by atoms with Crippen molar-refractivity contribution in [2.75, 3.05) is 0 Å². The van der Waals surface area contributed by atoms with Gasteiger partial charge in [-0.25, -0.2) is 4.79 Å². The Morgan fingerprint density at radius 1 is 1.00 bits per heavy atom. The van der Waals surface area contributed by atoms with Crippen LogP contribution in [0.25, 0.3) is 0 Å². The number of hydrogen-bond acceptors (Lipinski definition) is 3. The number of benzene rings is 2. The van der Waals surface area contributed by atoms with Gasteiger partial charge in [0.05, 0.1) is 5.56 Å². The highest BCUT2D eigenvalue weighted by Gasteiger charge is 2.33. The summed E-state index contributed by atoms with van der Waals surface area (Å²) in [6.45, 7) is 0. The van der Waals surface area contributed by atoms with Crippen LogP contribution in [0.5, 0.6) is 0 Å². The van der Waals surface area contributed by atoms with E-state index in [4.69, 9.17) is 5.11 Å². The molecule has 5 heteroatoms. The highest BCUT2D eigenvalue weighted by molar-refractivity contribution is 7.91. The van der Waals surface area contributed by atoms with Gasteiger partial charge in [0.1, 0.15) is 0 Å². The van der Waals surface area contributed by atoms with Crippen molar-refractivity contribution in [2.24, 2.45) is 0 Å². The van der Waals surface area contributed by atoms with Crippen LogP contribution in [0.1, 0.15) is 43.8 Å². The number of aryl methyl sites for hydroxylation is 2. The van der Waals surface area contributed by atoms with Crippen LogP contribution in [0.2, 0.25) is 0 Å². The molecule has 1 aliphatic heterocycles. The van der Waals surface area contributed by atoms with Gasteiger partial charge in [-0.1, -0.05) is 12.1 Å². The van der Waals surface area contributed by atoms with E-state index in [0.29, 0.717) is 29.1 Å². The molecule has 0 radical (unpaired) electrons. The summed E-state index contributed by atoms with van der Waals surface area (Å²) < 4.78 is 13.0. The molecule has 0 saturated heterocycles. The molecule has 0 bridgehead atoms. The largest absolute Gasteiger partial charge is 0.606 e. The third-order valence-corrected chi connectivity index (χ3v) is 6.18. The third kappa shape index (κ3) is 2.19. The van der Waals surface area contributed by atoms with Gasteiger partial charge >= 0.3 is 5.97 Å². The first-order valence-electron chi connectivity index (χ1n) is 7.52. The molecule has 4 rings (SSSR count). The van der Waals surface area contributed by atoms with E-state index in [2.05, 4.69) is 0 Å². The average molecular weight is 326 g/mol. The molecule has 23 heavy (non-hydrogen) atoms. The number of aromatic carboxylic acids is 1. The quantitative estimate of drug-likeness (QED) is 0.818. The molecule has 1 unspecified atom stereocenters. The van der Waals surface area contributed by atoms with Crippen LogP contribution in [0.4, 0.5) is 0 Å². The molecular weight excluding hydrogens is 312 g/mol. The molecule has 0 saturated carbocycles. The SMILES string of the molecule is O=C(O)c1ccc2c(c1)[S+]([O-])c1ccc3c(c1CC2)C(=O)CC3. The second-order valence-electron chi connectivity index (χ2n) is 5.90. The first kappa shape index (κ1) is 14.5. The molecule has 0 amide bonds. The van der Waals surface area contributed by atoms with E-state index in [1.54, 1.807) is 12.1 Å². The van der Waals surface area contributed by atoms with Crippen molar-refractivity contribution in [2.45, 2.75) is 35.5 Å². The monoisotopic (exact) mass is 326 g/mol. The lowest BCUT2D eigenvalue weighted by Gasteiger charge is -2.14. The zero-order valence-electron chi connectivity index (χ0n) is 12.3. The van der Waals surface area contributed by atoms with Gasteiger partial charge in [0.15, 0.2) is 15.6 Å². The van der Waals surface area contributed by atoms with E-state index >= 15 is 0 Å². The molecule has 1 heterocycles. The van der Waals surface area contributed by atoms with E-state index < -0.39 is 17.1 Å². The fourth-order valence-corrected chi connectivity index (χ4v) is 4.97. The van der Waals surface area contributed by atoms with E-state index in [-0.39, 0.29) is 11.3 Å². The maximum absolute atomic E-state index is 13.0. The van der Waals surface area contributed by atoms with Crippen LogP contribution in [0.15, 0.2) is 40.1 Å². The third-order valence-electron chi connectivity index (χ3n) is 4.61. The standard InChI is InChI=1S/C18H14O4S/c19-14-7-4-11-5-8-15-13(17(11)14)6-3-10-1-2-12(18(20)21)9-16(10)23(15)22/h1-2,5,8-9H,3-4,6-7H2,(H,20,21). The number of hydrogen-bond donors (Lipinski definition) is 1. The Hall–Kier alpha value is -2.11. The summed E-state index contributed by atoms with van der Waals surface area (Å²) >= 11 is -1.46. The number of carbonyl (C=O) groups excluding carboxylic acids is 1. The van der Waals surface area contributed by atoms with E-state index in [0.717, 1.165) is 28.7 Å². The first-order valence-corrected chi connectivity index (χ1v) is 8.67. The molecule has 2 aromatic carbocycles. The van der Waals surface area contributed by atoms with Crippen LogP contribution in [-0.2, 0) is 30.4 Å².